The third kappa shape index (κ3) is 4.89. The summed E-state index contributed by atoms with van der Waals surface area (Å²) >= 11 is 0. The number of pyridine rings is 1. The van der Waals surface area contributed by atoms with E-state index in [2.05, 4.69) is 10.3 Å². The first-order chi connectivity index (χ1) is 15.8. The molecule has 176 valence electrons. The van der Waals surface area contributed by atoms with E-state index in [-0.39, 0.29) is 34.6 Å². The number of nitrogens with two attached hydrogens (primary N) is 1. The number of nitro benzene ring substituents is 1. The normalized spacial score (nSPS) is 15.5. The number of carbonyl (C=O) groups is 2. The fourth-order valence-electron chi connectivity index (χ4n) is 3.76. The molecule has 12 heteroatoms. The first-order valence-corrected chi connectivity index (χ1v) is 10.1. The maximum absolute atomic E-state index is 12.9. The molecule has 1 atom stereocenters. The molecule has 1 unspecified atom stereocenters. The van der Waals surface area contributed by atoms with E-state index in [4.69, 9.17) is 19.9 Å². The number of primary amides is 1. The van der Waals surface area contributed by atoms with Crippen molar-refractivity contribution in [3.63, 3.8) is 0 Å². The van der Waals surface area contributed by atoms with Crippen LogP contribution in [0.15, 0.2) is 24.4 Å². The van der Waals surface area contributed by atoms with Crippen molar-refractivity contribution >= 4 is 29.0 Å². The summed E-state index contributed by atoms with van der Waals surface area (Å²) in [5, 5.41) is 14.3. The van der Waals surface area contributed by atoms with E-state index in [1.165, 1.54) is 33.6 Å². The molecule has 1 aliphatic heterocycles. The van der Waals surface area contributed by atoms with Crippen molar-refractivity contribution in [2.75, 3.05) is 44.6 Å². The van der Waals surface area contributed by atoms with Crippen molar-refractivity contribution in [3.05, 3.63) is 40.1 Å². The summed E-state index contributed by atoms with van der Waals surface area (Å²) in [6, 6.07) is 4.54. The molecular weight excluding hydrogens is 434 g/mol. The number of piperidine rings is 1. The van der Waals surface area contributed by atoms with Gasteiger partial charge < -0.3 is 30.2 Å². The first-order valence-electron chi connectivity index (χ1n) is 10.1. The zero-order valence-corrected chi connectivity index (χ0v) is 18.5. The Morgan fingerprint density at radius 3 is 2.48 bits per heavy atom. The summed E-state index contributed by atoms with van der Waals surface area (Å²) < 4.78 is 15.5. The molecule has 12 nitrogen and oxygen atoms in total. The Balaban J connectivity index is 1.85. The van der Waals surface area contributed by atoms with Gasteiger partial charge in [-0.25, -0.2) is 4.98 Å². The summed E-state index contributed by atoms with van der Waals surface area (Å²) in [5.74, 6) is -0.802. The van der Waals surface area contributed by atoms with Crippen LogP contribution >= 0.6 is 0 Å². The van der Waals surface area contributed by atoms with Gasteiger partial charge in [-0.3, -0.25) is 19.7 Å². The summed E-state index contributed by atoms with van der Waals surface area (Å²) in [6.45, 7) is 1.21. The number of hydrogen-bond acceptors (Lipinski definition) is 9. The smallest absolute Gasteiger partial charge is 0.327 e. The zero-order valence-electron chi connectivity index (χ0n) is 18.5. The Kier molecular flexibility index (Phi) is 7.16. The summed E-state index contributed by atoms with van der Waals surface area (Å²) in [5.41, 5.74) is 4.94. The Labute approximate surface area is 189 Å². The molecular formula is C21H25N5O7. The molecule has 1 saturated heterocycles. The van der Waals surface area contributed by atoms with Crippen molar-refractivity contribution in [1.82, 2.24) is 4.98 Å². The number of benzene rings is 1. The molecule has 0 spiro atoms. The molecule has 1 fully saturated rings. The molecule has 1 aliphatic rings. The second-order valence-corrected chi connectivity index (χ2v) is 7.35. The fourth-order valence-corrected chi connectivity index (χ4v) is 3.76. The van der Waals surface area contributed by atoms with Gasteiger partial charge in [-0.2, -0.15) is 0 Å². The van der Waals surface area contributed by atoms with Crippen LogP contribution in [0.3, 0.4) is 0 Å². The number of amides is 2. The molecule has 1 aromatic heterocycles. The lowest BCUT2D eigenvalue weighted by atomic mass is 9.97. The minimum atomic E-state index is -0.748. The Morgan fingerprint density at radius 1 is 1.21 bits per heavy atom. The van der Waals surface area contributed by atoms with Crippen molar-refractivity contribution < 1.29 is 28.7 Å². The molecule has 3 rings (SSSR count). The Hall–Kier alpha value is -4.09. The number of nitrogens with zero attached hydrogens (tertiary/aromatic N) is 3. The van der Waals surface area contributed by atoms with Gasteiger partial charge in [0.2, 0.25) is 17.4 Å². The van der Waals surface area contributed by atoms with E-state index in [9.17, 15) is 19.7 Å². The topological polar surface area (TPSA) is 159 Å². The third-order valence-electron chi connectivity index (χ3n) is 5.38. The van der Waals surface area contributed by atoms with Gasteiger partial charge in [-0.1, -0.05) is 0 Å². The fraction of sp³-hybridized carbons (Fsp3) is 0.381. The number of hydrogen-bond donors (Lipinski definition) is 2. The number of anilines is 2. The van der Waals surface area contributed by atoms with Gasteiger partial charge in [0.05, 0.1) is 44.1 Å². The number of carbonyl (C=O) groups excluding carboxylic acids is 2. The van der Waals surface area contributed by atoms with Crippen LogP contribution in [0, 0.1) is 16.0 Å². The van der Waals surface area contributed by atoms with Gasteiger partial charge in [0.25, 0.3) is 5.91 Å². The third-order valence-corrected chi connectivity index (χ3v) is 5.38. The van der Waals surface area contributed by atoms with Gasteiger partial charge in [0.1, 0.15) is 11.4 Å². The molecule has 0 radical (unpaired) electrons. The van der Waals surface area contributed by atoms with Gasteiger partial charge in [0.15, 0.2) is 5.75 Å². The highest BCUT2D eigenvalue weighted by Gasteiger charge is 2.32. The predicted octanol–water partition coefficient (Wildman–Crippen LogP) is 1.97. The van der Waals surface area contributed by atoms with Crippen molar-refractivity contribution in [3.8, 4) is 17.2 Å². The maximum atomic E-state index is 12.9. The van der Waals surface area contributed by atoms with E-state index in [1.54, 1.807) is 12.1 Å². The number of nitro groups is 1. The molecule has 0 aliphatic carbocycles. The van der Waals surface area contributed by atoms with Crippen LogP contribution in [-0.2, 0) is 4.79 Å². The van der Waals surface area contributed by atoms with E-state index in [1.807, 2.05) is 4.90 Å². The van der Waals surface area contributed by atoms with Crippen LogP contribution in [0.4, 0.5) is 17.2 Å². The van der Waals surface area contributed by atoms with Gasteiger partial charge in [-0.05, 0) is 25.0 Å². The number of methoxy groups -OCH3 is 3. The lowest BCUT2D eigenvalue weighted by Crippen LogP contribution is -2.41. The number of aromatic nitrogens is 1. The largest absolute Gasteiger partial charge is 0.493 e. The molecule has 2 amide bonds. The van der Waals surface area contributed by atoms with Gasteiger partial charge in [-0.15, -0.1) is 0 Å². The minimum Gasteiger partial charge on any atom is -0.493 e. The van der Waals surface area contributed by atoms with Crippen LogP contribution in [0.1, 0.15) is 23.2 Å². The number of nitrogens with one attached hydrogen (secondary N) is 1. The average molecular weight is 459 g/mol. The summed E-state index contributed by atoms with van der Waals surface area (Å²) in [6.07, 6.45) is 3.00. The molecule has 33 heavy (non-hydrogen) atoms. The zero-order chi connectivity index (χ0) is 24.1. The predicted molar refractivity (Wildman–Crippen MR) is 119 cm³/mol. The van der Waals surface area contributed by atoms with E-state index < -0.39 is 16.5 Å². The Morgan fingerprint density at radius 2 is 1.94 bits per heavy atom. The lowest BCUT2D eigenvalue weighted by Gasteiger charge is -2.32. The second kappa shape index (κ2) is 10.0. The van der Waals surface area contributed by atoms with E-state index in [0.717, 1.165) is 19.4 Å². The van der Waals surface area contributed by atoms with Crippen molar-refractivity contribution in [1.29, 1.82) is 0 Å². The Bertz CT molecular complexity index is 1060. The number of ether oxygens (including phenoxy) is 3. The molecule has 3 N–H and O–H groups in total. The van der Waals surface area contributed by atoms with Crippen LogP contribution in [0.25, 0.3) is 0 Å². The van der Waals surface area contributed by atoms with Crippen molar-refractivity contribution in [2.45, 2.75) is 12.8 Å². The lowest BCUT2D eigenvalue weighted by molar-refractivity contribution is -0.386. The molecule has 0 saturated carbocycles. The van der Waals surface area contributed by atoms with E-state index >= 15 is 0 Å². The van der Waals surface area contributed by atoms with Gasteiger partial charge >= 0.3 is 5.69 Å². The monoisotopic (exact) mass is 459 g/mol. The van der Waals surface area contributed by atoms with Crippen LogP contribution in [-0.4, -0.2) is 56.1 Å². The highest BCUT2D eigenvalue weighted by Crippen LogP contribution is 2.46. The standard InChI is InChI=1S/C21H25N5O7/c1-31-15-9-14(17(26(29)30)19(33-3)18(15)32-2)21(28)24-13-6-7-16(23-10-13)25-8-4-5-12(11-25)20(22)27/h6-7,9-10,12H,4-5,8,11H2,1-3H3,(H2,22,27)(H,24,28). The highest BCUT2D eigenvalue weighted by atomic mass is 16.6. The molecule has 0 bridgehead atoms. The van der Waals surface area contributed by atoms with Crippen LogP contribution < -0.4 is 30.2 Å². The SMILES string of the molecule is COc1cc(C(=O)Nc2ccc(N3CCCC(C(N)=O)C3)nc2)c([N+](=O)[O-])c(OC)c1OC. The summed E-state index contributed by atoms with van der Waals surface area (Å²) in [4.78, 5) is 41.7. The van der Waals surface area contributed by atoms with Crippen LogP contribution in [0.2, 0.25) is 0 Å². The second-order valence-electron chi connectivity index (χ2n) is 7.35. The molecule has 2 aromatic rings. The minimum absolute atomic E-state index is 0.00469. The quantitative estimate of drug-likeness (QED) is 0.444. The maximum Gasteiger partial charge on any atom is 0.327 e. The summed E-state index contributed by atoms with van der Waals surface area (Å²) in [7, 11) is 3.89. The molecule has 2 heterocycles. The average Bonchev–Trinajstić information content (AvgIpc) is 2.82. The van der Waals surface area contributed by atoms with Crippen molar-refractivity contribution in [2.24, 2.45) is 11.7 Å². The first kappa shape index (κ1) is 23.6. The van der Waals surface area contributed by atoms with Gasteiger partial charge in [0, 0.05) is 19.2 Å². The molecule has 1 aromatic carbocycles. The van der Waals surface area contributed by atoms with E-state index in [0.29, 0.717) is 18.1 Å². The number of rotatable bonds is 8. The van der Waals surface area contributed by atoms with Crippen LogP contribution in [0.5, 0.6) is 17.2 Å². The highest BCUT2D eigenvalue weighted by molar-refractivity contribution is 6.08.